The van der Waals surface area contributed by atoms with Gasteiger partial charge in [0.15, 0.2) is 0 Å². The molecule has 0 bridgehead atoms. The van der Waals surface area contributed by atoms with Gasteiger partial charge in [-0.15, -0.1) is 0 Å². The number of unbranched alkanes of at least 4 members (excludes halogenated alkanes) is 1. The summed E-state index contributed by atoms with van der Waals surface area (Å²) >= 11 is 0. The van der Waals surface area contributed by atoms with E-state index in [2.05, 4.69) is 22.2 Å². The number of hydrogen-bond acceptors (Lipinski definition) is 6. The molecule has 0 saturated heterocycles. The molecule has 0 aliphatic rings. The number of nitrogens with one attached hydrogen (secondary N) is 1. The summed E-state index contributed by atoms with van der Waals surface area (Å²) in [6.07, 6.45) is 5.47. The molecule has 3 N–H and O–H groups in total. The van der Waals surface area contributed by atoms with Gasteiger partial charge < -0.3 is 20.5 Å². The van der Waals surface area contributed by atoms with E-state index in [0.29, 0.717) is 19.0 Å². The first-order valence-corrected chi connectivity index (χ1v) is 7.19. The summed E-state index contributed by atoms with van der Waals surface area (Å²) in [4.78, 5) is 8.31. The normalized spacial score (nSPS) is 10.7. The number of hydrogen-bond donors (Lipinski definition) is 2. The van der Waals surface area contributed by atoms with Crippen LogP contribution in [0.3, 0.4) is 0 Å². The third-order valence-electron chi connectivity index (χ3n) is 2.92. The van der Waals surface area contributed by atoms with E-state index in [9.17, 15) is 0 Å². The minimum Gasteiger partial charge on any atom is -0.383 e. The molecule has 0 radical (unpaired) electrons. The third kappa shape index (κ3) is 6.16. The standard InChI is InChI=1S/C14H26N4O2/c1-3-6-12-13(15)17-11-18-14(12)16-7-4-5-8-20-10-9-19-2/h11H,3-10H2,1-2H3,(H3,15,16,17,18). The molecular weight excluding hydrogens is 256 g/mol. The average molecular weight is 282 g/mol. The lowest BCUT2D eigenvalue weighted by atomic mass is 10.1. The number of nitrogen functional groups attached to an aromatic ring is 1. The van der Waals surface area contributed by atoms with Gasteiger partial charge in [-0.25, -0.2) is 9.97 Å². The molecule has 114 valence electrons. The van der Waals surface area contributed by atoms with E-state index >= 15 is 0 Å². The van der Waals surface area contributed by atoms with Crippen LogP contribution >= 0.6 is 0 Å². The van der Waals surface area contributed by atoms with E-state index in [1.165, 1.54) is 6.33 Å². The lowest BCUT2D eigenvalue weighted by Crippen LogP contribution is -2.10. The Morgan fingerprint density at radius 1 is 1.20 bits per heavy atom. The van der Waals surface area contributed by atoms with Crippen LogP contribution in [-0.4, -0.2) is 43.4 Å². The van der Waals surface area contributed by atoms with Crippen LogP contribution in [0.5, 0.6) is 0 Å². The SMILES string of the molecule is CCCc1c(N)ncnc1NCCCCOCCOC. The summed E-state index contributed by atoms with van der Waals surface area (Å²) in [5, 5.41) is 3.33. The first-order chi connectivity index (χ1) is 9.79. The quantitative estimate of drug-likeness (QED) is 0.603. The number of ether oxygens (including phenoxy) is 2. The highest BCUT2D eigenvalue weighted by molar-refractivity contribution is 5.54. The van der Waals surface area contributed by atoms with Crippen LogP contribution in [0.1, 0.15) is 31.7 Å². The molecule has 6 heteroatoms. The van der Waals surface area contributed by atoms with Crippen molar-refractivity contribution in [1.29, 1.82) is 0 Å². The van der Waals surface area contributed by atoms with Gasteiger partial charge in [-0.1, -0.05) is 13.3 Å². The Morgan fingerprint density at radius 2 is 2.05 bits per heavy atom. The van der Waals surface area contributed by atoms with Crippen molar-refractivity contribution >= 4 is 11.6 Å². The zero-order valence-corrected chi connectivity index (χ0v) is 12.5. The van der Waals surface area contributed by atoms with E-state index in [1.54, 1.807) is 7.11 Å². The summed E-state index contributed by atoms with van der Waals surface area (Å²) in [6, 6.07) is 0. The summed E-state index contributed by atoms with van der Waals surface area (Å²) in [7, 11) is 1.68. The zero-order chi connectivity index (χ0) is 14.6. The van der Waals surface area contributed by atoms with E-state index in [1.807, 2.05) is 0 Å². The Labute approximate surface area is 121 Å². The fraction of sp³-hybridized carbons (Fsp3) is 0.714. The van der Waals surface area contributed by atoms with Crippen LogP contribution < -0.4 is 11.1 Å². The molecule has 6 nitrogen and oxygen atoms in total. The number of aromatic nitrogens is 2. The molecule has 20 heavy (non-hydrogen) atoms. The summed E-state index contributed by atoms with van der Waals surface area (Å²) in [5.74, 6) is 1.44. The minimum absolute atomic E-state index is 0.576. The largest absolute Gasteiger partial charge is 0.383 e. The highest BCUT2D eigenvalue weighted by Gasteiger charge is 2.07. The van der Waals surface area contributed by atoms with E-state index < -0.39 is 0 Å². The third-order valence-corrected chi connectivity index (χ3v) is 2.92. The predicted molar refractivity (Wildman–Crippen MR) is 80.9 cm³/mol. The van der Waals surface area contributed by atoms with Crippen molar-refractivity contribution in [2.24, 2.45) is 0 Å². The van der Waals surface area contributed by atoms with Gasteiger partial charge in [0, 0.05) is 25.8 Å². The van der Waals surface area contributed by atoms with Crippen LogP contribution in [0.2, 0.25) is 0 Å². The van der Waals surface area contributed by atoms with Crippen molar-refractivity contribution in [3.63, 3.8) is 0 Å². The number of anilines is 2. The lowest BCUT2D eigenvalue weighted by molar-refractivity contribution is 0.0691. The molecule has 0 spiro atoms. The Morgan fingerprint density at radius 3 is 2.80 bits per heavy atom. The molecule has 0 aromatic carbocycles. The first kappa shape index (κ1) is 16.7. The summed E-state index contributed by atoms with van der Waals surface area (Å²) in [6.45, 7) is 5.05. The second-order valence-corrected chi connectivity index (χ2v) is 4.58. The van der Waals surface area contributed by atoms with Crippen LogP contribution in [0, 0.1) is 0 Å². The predicted octanol–water partition coefficient (Wildman–Crippen LogP) is 1.87. The molecule has 0 aliphatic heterocycles. The van der Waals surface area contributed by atoms with Crippen molar-refractivity contribution in [2.45, 2.75) is 32.6 Å². The molecule has 1 aromatic rings. The highest BCUT2D eigenvalue weighted by atomic mass is 16.5. The molecule has 1 aromatic heterocycles. The lowest BCUT2D eigenvalue weighted by Gasteiger charge is -2.11. The van der Waals surface area contributed by atoms with E-state index in [4.69, 9.17) is 15.2 Å². The molecule has 0 aliphatic carbocycles. The maximum absolute atomic E-state index is 5.88. The minimum atomic E-state index is 0.576. The van der Waals surface area contributed by atoms with Crippen LogP contribution in [0.4, 0.5) is 11.6 Å². The summed E-state index contributed by atoms with van der Waals surface area (Å²) < 4.78 is 10.3. The molecule has 0 amide bonds. The number of nitrogens with two attached hydrogens (primary N) is 1. The van der Waals surface area contributed by atoms with Gasteiger partial charge in [0.1, 0.15) is 18.0 Å². The monoisotopic (exact) mass is 282 g/mol. The second-order valence-electron chi connectivity index (χ2n) is 4.58. The Kier molecular flexibility index (Phi) is 8.66. The fourth-order valence-electron chi connectivity index (χ4n) is 1.85. The molecule has 0 atom stereocenters. The van der Waals surface area contributed by atoms with Gasteiger partial charge in [0.05, 0.1) is 13.2 Å². The van der Waals surface area contributed by atoms with Crippen molar-refractivity contribution in [3.8, 4) is 0 Å². The highest BCUT2D eigenvalue weighted by Crippen LogP contribution is 2.18. The maximum Gasteiger partial charge on any atom is 0.134 e. The van der Waals surface area contributed by atoms with Crippen LogP contribution in [-0.2, 0) is 15.9 Å². The van der Waals surface area contributed by atoms with Gasteiger partial charge in [0.25, 0.3) is 0 Å². The Hall–Kier alpha value is -1.40. The number of methoxy groups -OCH3 is 1. The Balaban J connectivity index is 2.23. The van der Waals surface area contributed by atoms with E-state index in [-0.39, 0.29) is 0 Å². The van der Waals surface area contributed by atoms with E-state index in [0.717, 1.165) is 50.2 Å². The van der Waals surface area contributed by atoms with Gasteiger partial charge in [-0.2, -0.15) is 0 Å². The second kappa shape index (κ2) is 10.4. The van der Waals surface area contributed by atoms with Gasteiger partial charge in [-0.3, -0.25) is 0 Å². The smallest absolute Gasteiger partial charge is 0.134 e. The van der Waals surface area contributed by atoms with Crippen molar-refractivity contribution in [1.82, 2.24) is 9.97 Å². The zero-order valence-electron chi connectivity index (χ0n) is 12.5. The van der Waals surface area contributed by atoms with Crippen LogP contribution in [0.15, 0.2) is 6.33 Å². The topological polar surface area (TPSA) is 82.3 Å². The molecule has 0 fully saturated rings. The maximum atomic E-state index is 5.88. The van der Waals surface area contributed by atoms with Gasteiger partial charge >= 0.3 is 0 Å². The first-order valence-electron chi connectivity index (χ1n) is 7.19. The van der Waals surface area contributed by atoms with Crippen LogP contribution in [0.25, 0.3) is 0 Å². The Bertz CT molecular complexity index is 374. The fourth-order valence-corrected chi connectivity index (χ4v) is 1.85. The summed E-state index contributed by atoms with van der Waals surface area (Å²) in [5.41, 5.74) is 6.90. The average Bonchev–Trinajstić information content (AvgIpc) is 2.45. The number of nitrogens with zero attached hydrogens (tertiary/aromatic N) is 2. The van der Waals surface area contributed by atoms with Crippen molar-refractivity contribution in [3.05, 3.63) is 11.9 Å². The molecule has 1 rings (SSSR count). The van der Waals surface area contributed by atoms with Crippen molar-refractivity contribution < 1.29 is 9.47 Å². The molecule has 1 heterocycles. The molecular formula is C14H26N4O2. The molecule has 0 saturated carbocycles. The molecule has 0 unspecified atom stereocenters. The van der Waals surface area contributed by atoms with Gasteiger partial charge in [0.2, 0.25) is 0 Å². The number of rotatable bonds is 11. The van der Waals surface area contributed by atoms with Crippen molar-refractivity contribution in [2.75, 3.05) is 44.5 Å². The van der Waals surface area contributed by atoms with Gasteiger partial charge in [-0.05, 0) is 19.3 Å².